The van der Waals surface area contributed by atoms with Gasteiger partial charge in [0.15, 0.2) is 5.69 Å². The maximum absolute atomic E-state index is 12.7. The van der Waals surface area contributed by atoms with E-state index in [0.29, 0.717) is 24.3 Å². The lowest BCUT2D eigenvalue weighted by molar-refractivity contribution is -0.141. The Kier molecular flexibility index (Phi) is 5.33. The lowest BCUT2D eigenvalue weighted by Crippen LogP contribution is -2.42. The average Bonchev–Trinajstić information content (AvgIpc) is 3.40. The summed E-state index contributed by atoms with van der Waals surface area (Å²) in [7, 11) is 0. The zero-order valence-corrected chi connectivity index (χ0v) is 16.5. The van der Waals surface area contributed by atoms with Crippen LogP contribution in [0.3, 0.4) is 0 Å². The van der Waals surface area contributed by atoms with Crippen molar-refractivity contribution in [3.8, 4) is 5.69 Å². The first-order valence-corrected chi connectivity index (χ1v) is 10.0. The van der Waals surface area contributed by atoms with Gasteiger partial charge in [-0.15, -0.1) is 11.3 Å². The van der Waals surface area contributed by atoms with Gasteiger partial charge in [-0.2, -0.15) is 18.3 Å². The second-order valence-electron chi connectivity index (χ2n) is 6.81. The van der Waals surface area contributed by atoms with Crippen molar-refractivity contribution in [3.63, 3.8) is 0 Å². The first kappa shape index (κ1) is 20.1. The van der Waals surface area contributed by atoms with Crippen LogP contribution in [0.1, 0.15) is 26.5 Å². The van der Waals surface area contributed by atoms with Gasteiger partial charge >= 0.3 is 6.18 Å². The van der Waals surface area contributed by atoms with Crippen LogP contribution in [-0.2, 0) is 23.9 Å². The number of carbonyl (C=O) groups excluding carboxylic acids is 2. The number of benzene rings is 1. The lowest BCUT2D eigenvalue weighted by Gasteiger charge is -2.27. The maximum Gasteiger partial charge on any atom is 0.435 e. The molecule has 1 aliphatic heterocycles. The van der Waals surface area contributed by atoms with E-state index in [4.69, 9.17) is 0 Å². The molecule has 10 heteroatoms. The second-order valence-corrected chi connectivity index (χ2v) is 7.81. The van der Waals surface area contributed by atoms with Crippen molar-refractivity contribution in [2.45, 2.75) is 19.1 Å². The molecule has 4 rings (SSSR count). The highest BCUT2D eigenvalue weighted by atomic mass is 32.1. The molecule has 2 aromatic heterocycles. The molecule has 1 aromatic carbocycles. The molecule has 156 valence electrons. The third-order valence-electron chi connectivity index (χ3n) is 4.83. The minimum atomic E-state index is -4.52. The van der Waals surface area contributed by atoms with Crippen molar-refractivity contribution in [3.05, 3.63) is 69.7 Å². The number of nitrogens with zero attached hydrogens (tertiary/aromatic N) is 3. The van der Waals surface area contributed by atoms with Crippen molar-refractivity contribution in [2.75, 3.05) is 13.1 Å². The van der Waals surface area contributed by atoms with Crippen LogP contribution in [0.4, 0.5) is 13.2 Å². The predicted molar refractivity (Wildman–Crippen MR) is 104 cm³/mol. The largest absolute Gasteiger partial charge is 0.435 e. The van der Waals surface area contributed by atoms with E-state index in [-0.39, 0.29) is 12.5 Å². The highest BCUT2D eigenvalue weighted by Gasteiger charge is 2.33. The number of amides is 2. The molecule has 0 saturated carbocycles. The number of thiophene rings is 1. The molecule has 0 fully saturated rings. The van der Waals surface area contributed by atoms with Crippen molar-refractivity contribution < 1.29 is 22.8 Å². The molecule has 6 nitrogen and oxygen atoms in total. The van der Waals surface area contributed by atoms with E-state index in [1.165, 1.54) is 35.3 Å². The van der Waals surface area contributed by atoms with Gasteiger partial charge in [-0.05, 0) is 53.8 Å². The Morgan fingerprint density at radius 3 is 2.60 bits per heavy atom. The third kappa shape index (κ3) is 4.23. The quantitative estimate of drug-likeness (QED) is 0.686. The summed E-state index contributed by atoms with van der Waals surface area (Å²) in [6.07, 6.45) is -2.50. The first-order chi connectivity index (χ1) is 14.3. The van der Waals surface area contributed by atoms with E-state index < -0.39 is 17.8 Å². The Morgan fingerprint density at radius 2 is 1.90 bits per heavy atom. The van der Waals surface area contributed by atoms with Gasteiger partial charge in [0.2, 0.25) is 5.91 Å². The Balaban J connectivity index is 1.34. The SMILES string of the molecule is O=C(NCC(=O)N1CCc2sccc2C1)c1ccc(-n2ccc(C(F)(F)F)n2)cc1. The fraction of sp³-hybridized carbons (Fsp3) is 0.250. The summed E-state index contributed by atoms with van der Waals surface area (Å²) < 4.78 is 39.1. The zero-order chi connectivity index (χ0) is 21.3. The fourth-order valence-corrected chi connectivity index (χ4v) is 4.11. The summed E-state index contributed by atoms with van der Waals surface area (Å²) in [5, 5.41) is 8.10. The Bertz CT molecular complexity index is 1070. The molecule has 30 heavy (non-hydrogen) atoms. The number of nitrogens with one attached hydrogen (secondary N) is 1. The van der Waals surface area contributed by atoms with Crippen molar-refractivity contribution in [1.82, 2.24) is 20.0 Å². The summed E-state index contributed by atoms with van der Waals surface area (Å²) in [5.74, 6) is -0.590. The summed E-state index contributed by atoms with van der Waals surface area (Å²) >= 11 is 1.69. The Labute approximate surface area is 173 Å². The van der Waals surface area contributed by atoms with Gasteiger partial charge in [0.25, 0.3) is 5.91 Å². The molecule has 2 amide bonds. The minimum Gasteiger partial charge on any atom is -0.343 e. The van der Waals surface area contributed by atoms with Crippen LogP contribution in [0.2, 0.25) is 0 Å². The van der Waals surface area contributed by atoms with E-state index in [0.717, 1.165) is 22.7 Å². The fourth-order valence-electron chi connectivity index (χ4n) is 3.22. The lowest BCUT2D eigenvalue weighted by atomic mass is 10.1. The topological polar surface area (TPSA) is 67.2 Å². The number of halogens is 3. The molecule has 1 aliphatic rings. The van der Waals surface area contributed by atoms with Gasteiger partial charge in [0.1, 0.15) is 0 Å². The minimum absolute atomic E-state index is 0.117. The molecule has 0 bridgehead atoms. The number of carbonyl (C=O) groups is 2. The summed E-state index contributed by atoms with van der Waals surface area (Å²) in [6, 6.07) is 8.83. The summed E-state index contributed by atoms with van der Waals surface area (Å²) in [5.41, 5.74) is 0.843. The van der Waals surface area contributed by atoms with Crippen LogP contribution >= 0.6 is 11.3 Å². The average molecular weight is 434 g/mol. The number of hydrogen-bond acceptors (Lipinski definition) is 4. The number of hydrogen-bond donors (Lipinski definition) is 1. The molecule has 3 aromatic rings. The molecule has 0 atom stereocenters. The molecule has 0 saturated heterocycles. The van der Waals surface area contributed by atoms with Crippen LogP contribution in [0.5, 0.6) is 0 Å². The highest BCUT2D eigenvalue weighted by Crippen LogP contribution is 2.28. The normalized spacial score (nSPS) is 13.8. The van der Waals surface area contributed by atoms with E-state index >= 15 is 0 Å². The number of aromatic nitrogens is 2. The number of rotatable bonds is 4. The van der Waals surface area contributed by atoms with Crippen molar-refractivity contribution in [2.24, 2.45) is 0 Å². The maximum atomic E-state index is 12.7. The van der Waals surface area contributed by atoms with E-state index in [2.05, 4.69) is 10.4 Å². The van der Waals surface area contributed by atoms with E-state index in [9.17, 15) is 22.8 Å². The van der Waals surface area contributed by atoms with Gasteiger partial charge in [0.05, 0.1) is 12.2 Å². The molecule has 0 aliphatic carbocycles. The van der Waals surface area contributed by atoms with E-state index in [1.807, 2.05) is 11.4 Å². The smallest absolute Gasteiger partial charge is 0.343 e. The summed E-state index contributed by atoms with van der Waals surface area (Å²) in [4.78, 5) is 27.7. The van der Waals surface area contributed by atoms with Gasteiger partial charge < -0.3 is 10.2 Å². The highest BCUT2D eigenvalue weighted by molar-refractivity contribution is 7.10. The molecular formula is C20H17F3N4O2S. The third-order valence-corrected chi connectivity index (χ3v) is 5.86. The van der Waals surface area contributed by atoms with Crippen LogP contribution in [-0.4, -0.2) is 39.6 Å². The van der Waals surface area contributed by atoms with Gasteiger partial charge in [0, 0.05) is 29.7 Å². The number of fused-ring (bicyclic) bond motifs is 1. The van der Waals surface area contributed by atoms with Gasteiger partial charge in [-0.1, -0.05) is 0 Å². The van der Waals surface area contributed by atoms with E-state index in [1.54, 1.807) is 16.2 Å². The van der Waals surface area contributed by atoms with Gasteiger partial charge in [-0.25, -0.2) is 4.68 Å². The Morgan fingerprint density at radius 1 is 1.13 bits per heavy atom. The second kappa shape index (κ2) is 7.94. The predicted octanol–water partition coefficient (Wildman–Crippen LogP) is 3.27. The zero-order valence-electron chi connectivity index (χ0n) is 15.6. The first-order valence-electron chi connectivity index (χ1n) is 9.16. The molecule has 0 radical (unpaired) electrons. The molecule has 3 heterocycles. The molecule has 0 spiro atoms. The number of alkyl halides is 3. The molecule has 0 unspecified atom stereocenters. The summed E-state index contributed by atoms with van der Waals surface area (Å²) in [6.45, 7) is 1.06. The van der Waals surface area contributed by atoms with Crippen LogP contribution in [0.25, 0.3) is 5.69 Å². The van der Waals surface area contributed by atoms with Crippen molar-refractivity contribution in [1.29, 1.82) is 0 Å². The Hall–Kier alpha value is -3.14. The van der Waals surface area contributed by atoms with Crippen LogP contribution < -0.4 is 5.32 Å². The molecule has 1 N–H and O–H groups in total. The van der Waals surface area contributed by atoms with Crippen molar-refractivity contribution >= 4 is 23.2 Å². The van der Waals surface area contributed by atoms with Gasteiger partial charge in [-0.3, -0.25) is 9.59 Å². The van der Waals surface area contributed by atoms with Crippen LogP contribution in [0, 0.1) is 0 Å². The molecular weight excluding hydrogens is 417 g/mol. The van der Waals surface area contributed by atoms with Crippen LogP contribution in [0.15, 0.2) is 48.0 Å². The standard InChI is InChI=1S/C20H17F3N4O2S/c21-20(22,23)17-6-9-27(25-17)15-3-1-13(2-4-15)19(29)24-11-18(28)26-8-5-16-14(12-26)7-10-30-16/h1-4,6-7,9-10H,5,8,11-12H2,(H,24,29). The monoisotopic (exact) mass is 434 g/mol.